The number of hydrogen-bond donors (Lipinski definition) is 1. The summed E-state index contributed by atoms with van der Waals surface area (Å²) < 4.78 is 0. The van der Waals surface area contributed by atoms with Gasteiger partial charge in [-0.3, -0.25) is 4.98 Å². The summed E-state index contributed by atoms with van der Waals surface area (Å²) in [4.78, 5) is 7.22. The monoisotopic (exact) mass is 355 g/mol. The molecule has 25 heavy (non-hydrogen) atoms. The minimum atomic E-state index is 0.317. The van der Waals surface area contributed by atoms with Crippen LogP contribution in [0.5, 0.6) is 0 Å². The Morgan fingerprint density at radius 2 is 1.84 bits per heavy atom. The molecule has 1 aliphatic heterocycles. The quantitative estimate of drug-likeness (QED) is 0.778. The van der Waals surface area contributed by atoms with Crippen LogP contribution in [0.4, 0.5) is 0 Å². The molecule has 1 aromatic carbocycles. The van der Waals surface area contributed by atoms with Gasteiger partial charge >= 0.3 is 0 Å². The third-order valence-corrected chi connectivity index (χ3v) is 6.30. The van der Waals surface area contributed by atoms with Gasteiger partial charge in [-0.15, -0.1) is 11.8 Å². The first-order valence-corrected chi connectivity index (χ1v) is 10.4. The number of thioether (sulfide) groups is 1. The number of piperidine rings is 1. The van der Waals surface area contributed by atoms with Gasteiger partial charge in [-0.25, -0.2) is 0 Å². The van der Waals surface area contributed by atoms with E-state index in [1.165, 1.54) is 37.9 Å². The van der Waals surface area contributed by atoms with Crippen LogP contribution >= 0.6 is 11.8 Å². The average molecular weight is 356 g/mol. The highest BCUT2D eigenvalue weighted by atomic mass is 32.2. The lowest BCUT2D eigenvalue weighted by Crippen LogP contribution is -2.35. The molecule has 1 unspecified atom stereocenters. The molecule has 1 aliphatic rings. The molecule has 0 spiro atoms. The SMILES string of the molecule is NCCC1CCN(CCSC(c2ccccc2)c2ccccn2)CC1. The summed E-state index contributed by atoms with van der Waals surface area (Å²) >= 11 is 2.01. The first-order chi connectivity index (χ1) is 12.4. The molecule has 0 amide bonds. The maximum atomic E-state index is 5.70. The molecule has 0 radical (unpaired) electrons. The van der Waals surface area contributed by atoms with Crippen molar-refractivity contribution < 1.29 is 0 Å². The van der Waals surface area contributed by atoms with Crippen molar-refractivity contribution in [2.45, 2.75) is 24.5 Å². The van der Waals surface area contributed by atoms with Crippen LogP contribution < -0.4 is 5.73 Å². The third kappa shape index (κ3) is 5.56. The number of pyridine rings is 1. The van der Waals surface area contributed by atoms with E-state index in [-0.39, 0.29) is 0 Å². The second-order valence-corrected chi connectivity index (χ2v) is 7.99. The molecule has 4 heteroatoms. The number of benzene rings is 1. The summed E-state index contributed by atoms with van der Waals surface area (Å²) in [5.74, 6) is 1.98. The van der Waals surface area contributed by atoms with Crippen LogP contribution in [0.3, 0.4) is 0 Å². The van der Waals surface area contributed by atoms with Crippen LogP contribution in [-0.4, -0.2) is 41.8 Å². The van der Waals surface area contributed by atoms with Crippen LogP contribution in [0.2, 0.25) is 0 Å². The molecule has 1 fully saturated rings. The molecule has 1 atom stereocenters. The number of likely N-dealkylation sites (tertiary alicyclic amines) is 1. The second-order valence-electron chi connectivity index (χ2n) is 6.78. The predicted octanol–water partition coefficient (Wildman–Crippen LogP) is 3.97. The first kappa shape index (κ1) is 18.4. The van der Waals surface area contributed by atoms with Crippen molar-refractivity contribution in [2.24, 2.45) is 11.7 Å². The van der Waals surface area contributed by atoms with E-state index in [0.717, 1.165) is 30.5 Å². The largest absolute Gasteiger partial charge is 0.330 e. The van der Waals surface area contributed by atoms with Gasteiger partial charge in [0.2, 0.25) is 0 Å². The topological polar surface area (TPSA) is 42.1 Å². The maximum absolute atomic E-state index is 5.70. The Labute approximate surface area is 156 Å². The Kier molecular flexibility index (Phi) is 7.34. The van der Waals surface area contributed by atoms with Crippen LogP contribution in [0.25, 0.3) is 0 Å². The summed E-state index contributed by atoms with van der Waals surface area (Å²) in [6, 6.07) is 17.0. The zero-order chi connectivity index (χ0) is 17.3. The van der Waals surface area contributed by atoms with Gasteiger partial charge < -0.3 is 10.6 Å². The Bertz CT molecular complexity index is 558. The highest BCUT2D eigenvalue weighted by Gasteiger charge is 2.20. The van der Waals surface area contributed by atoms with Crippen LogP contribution in [0.15, 0.2) is 54.7 Å². The van der Waals surface area contributed by atoms with E-state index >= 15 is 0 Å². The van der Waals surface area contributed by atoms with Gasteiger partial charge in [-0.2, -0.15) is 0 Å². The molecule has 1 saturated heterocycles. The second kappa shape index (κ2) is 9.95. The van der Waals surface area contributed by atoms with Gasteiger partial charge in [0.25, 0.3) is 0 Å². The molecule has 2 heterocycles. The molecule has 1 aromatic heterocycles. The third-order valence-electron chi connectivity index (χ3n) is 5.03. The fourth-order valence-electron chi connectivity index (χ4n) is 3.55. The molecule has 134 valence electrons. The van der Waals surface area contributed by atoms with Gasteiger partial charge in [0.1, 0.15) is 0 Å². The van der Waals surface area contributed by atoms with Crippen molar-refractivity contribution in [1.82, 2.24) is 9.88 Å². The Morgan fingerprint density at radius 1 is 1.08 bits per heavy atom. The lowest BCUT2D eigenvalue weighted by molar-refractivity contribution is 0.189. The van der Waals surface area contributed by atoms with Gasteiger partial charge in [0.15, 0.2) is 0 Å². The van der Waals surface area contributed by atoms with Gasteiger partial charge in [-0.05, 0) is 62.5 Å². The molecule has 0 aliphatic carbocycles. The fourth-order valence-corrected chi connectivity index (χ4v) is 4.80. The normalized spacial score (nSPS) is 17.5. The summed E-state index contributed by atoms with van der Waals surface area (Å²) in [6.45, 7) is 4.45. The highest BCUT2D eigenvalue weighted by molar-refractivity contribution is 7.99. The van der Waals surface area contributed by atoms with E-state index in [4.69, 9.17) is 5.73 Å². The molecular formula is C21H29N3S. The molecule has 0 bridgehead atoms. The Hall–Kier alpha value is -1.36. The molecule has 2 N–H and O–H groups in total. The Morgan fingerprint density at radius 3 is 2.52 bits per heavy atom. The van der Waals surface area contributed by atoms with Gasteiger partial charge in [-0.1, -0.05) is 36.4 Å². The van der Waals surface area contributed by atoms with Crippen LogP contribution in [0, 0.1) is 5.92 Å². The number of aromatic nitrogens is 1. The summed E-state index contributed by atoms with van der Waals surface area (Å²) in [5.41, 5.74) is 8.19. The molecule has 3 rings (SSSR count). The van der Waals surface area contributed by atoms with Crippen molar-refractivity contribution in [3.05, 3.63) is 66.0 Å². The molecular weight excluding hydrogens is 326 g/mol. The maximum Gasteiger partial charge on any atom is 0.0719 e. The first-order valence-electron chi connectivity index (χ1n) is 9.36. The molecule has 3 nitrogen and oxygen atoms in total. The van der Waals surface area contributed by atoms with E-state index in [1.807, 2.05) is 24.0 Å². The zero-order valence-corrected chi connectivity index (χ0v) is 15.7. The molecule has 0 saturated carbocycles. The van der Waals surface area contributed by atoms with Crippen molar-refractivity contribution in [1.29, 1.82) is 0 Å². The fraction of sp³-hybridized carbons (Fsp3) is 0.476. The van der Waals surface area contributed by atoms with E-state index in [9.17, 15) is 0 Å². The smallest absolute Gasteiger partial charge is 0.0719 e. The highest BCUT2D eigenvalue weighted by Crippen LogP contribution is 2.34. The Balaban J connectivity index is 1.54. The van der Waals surface area contributed by atoms with Gasteiger partial charge in [0, 0.05) is 18.5 Å². The lowest BCUT2D eigenvalue weighted by atomic mass is 9.94. The lowest BCUT2D eigenvalue weighted by Gasteiger charge is -2.32. The minimum absolute atomic E-state index is 0.317. The number of rotatable bonds is 8. The van der Waals surface area contributed by atoms with Crippen LogP contribution in [-0.2, 0) is 0 Å². The number of nitrogens with two attached hydrogens (primary N) is 1. The van der Waals surface area contributed by atoms with E-state index in [0.29, 0.717) is 5.25 Å². The van der Waals surface area contributed by atoms with E-state index in [2.05, 4.69) is 52.3 Å². The summed E-state index contributed by atoms with van der Waals surface area (Å²) in [5, 5.41) is 0.317. The van der Waals surface area contributed by atoms with Crippen molar-refractivity contribution in [3.63, 3.8) is 0 Å². The predicted molar refractivity (Wildman–Crippen MR) is 108 cm³/mol. The standard InChI is InChI=1S/C21H29N3S/c22-12-9-18-10-14-24(15-11-18)16-17-25-21(19-6-2-1-3-7-19)20-8-4-5-13-23-20/h1-8,13,18,21H,9-12,14-17,22H2. The summed E-state index contributed by atoms with van der Waals surface area (Å²) in [6.07, 6.45) is 5.71. The van der Waals surface area contributed by atoms with E-state index < -0.39 is 0 Å². The number of hydrogen-bond acceptors (Lipinski definition) is 4. The number of nitrogens with zero attached hydrogens (tertiary/aromatic N) is 2. The minimum Gasteiger partial charge on any atom is -0.330 e. The van der Waals surface area contributed by atoms with Crippen molar-refractivity contribution in [3.8, 4) is 0 Å². The van der Waals surface area contributed by atoms with Crippen molar-refractivity contribution in [2.75, 3.05) is 31.9 Å². The average Bonchev–Trinajstić information content (AvgIpc) is 2.68. The van der Waals surface area contributed by atoms with Crippen LogP contribution in [0.1, 0.15) is 35.8 Å². The van der Waals surface area contributed by atoms with E-state index in [1.54, 1.807) is 0 Å². The zero-order valence-electron chi connectivity index (χ0n) is 14.9. The van der Waals surface area contributed by atoms with Crippen molar-refractivity contribution >= 4 is 11.8 Å². The summed E-state index contributed by atoms with van der Waals surface area (Å²) in [7, 11) is 0. The van der Waals surface area contributed by atoms with Gasteiger partial charge in [0.05, 0.1) is 10.9 Å². The molecule has 2 aromatic rings.